The van der Waals surface area contributed by atoms with Crippen molar-refractivity contribution in [2.45, 2.75) is 33.3 Å². The molecule has 18 heavy (non-hydrogen) atoms. The van der Waals surface area contributed by atoms with Crippen LogP contribution in [0.1, 0.15) is 32.5 Å². The van der Waals surface area contributed by atoms with E-state index in [1.165, 1.54) is 17.0 Å². The molecule has 1 nitrogen and oxygen atoms in total. The second-order valence-corrected chi connectivity index (χ2v) is 6.12. The first-order valence-corrected chi connectivity index (χ1v) is 6.79. The molecule has 1 atom stereocenters. The maximum Gasteiger partial charge on any atom is 0.123 e. The molecule has 0 fully saturated rings. The van der Waals surface area contributed by atoms with Gasteiger partial charge in [-0.1, -0.05) is 6.07 Å². The minimum Gasteiger partial charge on any atom is -0.388 e. The van der Waals surface area contributed by atoms with Crippen LogP contribution in [-0.4, -0.2) is 5.11 Å². The molecule has 1 aromatic heterocycles. The van der Waals surface area contributed by atoms with Gasteiger partial charge in [-0.05, 0) is 55.7 Å². The molecule has 0 amide bonds. The molecule has 0 aliphatic heterocycles. The Kier molecular flexibility index (Phi) is 3.83. The number of aliphatic hydroxyl groups excluding tert-OH is 1. The molecule has 0 aliphatic carbocycles. The Morgan fingerprint density at radius 3 is 2.50 bits per heavy atom. The van der Waals surface area contributed by atoms with Gasteiger partial charge < -0.3 is 5.11 Å². The van der Waals surface area contributed by atoms with Crippen LogP contribution in [0.15, 0.2) is 24.3 Å². The van der Waals surface area contributed by atoms with E-state index in [0.29, 0.717) is 6.42 Å². The lowest BCUT2D eigenvalue weighted by Crippen LogP contribution is -2.03. The number of hydrogen-bond donors (Lipinski definition) is 1. The number of halogens is 1. The van der Waals surface area contributed by atoms with Crippen LogP contribution in [0, 0.1) is 26.6 Å². The molecular weight excluding hydrogens is 247 g/mol. The van der Waals surface area contributed by atoms with E-state index in [-0.39, 0.29) is 5.82 Å². The lowest BCUT2D eigenvalue weighted by molar-refractivity contribution is 0.178. The highest BCUT2D eigenvalue weighted by molar-refractivity contribution is 7.12. The van der Waals surface area contributed by atoms with Gasteiger partial charge in [0.15, 0.2) is 0 Å². The van der Waals surface area contributed by atoms with Gasteiger partial charge in [0, 0.05) is 16.2 Å². The van der Waals surface area contributed by atoms with E-state index in [9.17, 15) is 9.50 Å². The minimum absolute atomic E-state index is 0.228. The van der Waals surface area contributed by atoms with E-state index in [0.717, 1.165) is 21.6 Å². The van der Waals surface area contributed by atoms with Crippen molar-refractivity contribution in [1.29, 1.82) is 0 Å². The van der Waals surface area contributed by atoms with Gasteiger partial charge in [-0.3, -0.25) is 0 Å². The third kappa shape index (κ3) is 2.79. The van der Waals surface area contributed by atoms with Crippen molar-refractivity contribution in [3.05, 3.63) is 56.5 Å². The molecule has 0 saturated carbocycles. The standard InChI is InChI=1S/C15H17FOS/c1-9-6-13(16)5-4-12(9)8-15(17)14-7-10(2)18-11(14)3/h4-7,15,17H,8H2,1-3H3. The predicted octanol–water partition coefficient (Wildman–Crippen LogP) is 4.09. The van der Waals surface area contributed by atoms with Gasteiger partial charge in [0.1, 0.15) is 5.82 Å². The molecule has 3 heteroatoms. The molecular formula is C15H17FOS. The third-order valence-electron chi connectivity index (χ3n) is 3.16. The van der Waals surface area contributed by atoms with E-state index in [1.807, 2.05) is 26.8 Å². The zero-order valence-electron chi connectivity index (χ0n) is 10.8. The smallest absolute Gasteiger partial charge is 0.123 e. The van der Waals surface area contributed by atoms with Crippen LogP contribution in [0.3, 0.4) is 0 Å². The summed E-state index contributed by atoms with van der Waals surface area (Å²) in [7, 11) is 0. The second-order valence-electron chi connectivity index (χ2n) is 4.66. The summed E-state index contributed by atoms with van der Waals surface area (Å²) >= 11 is 1.69. The van der Waals surface area contributed by atoms with E-state index in [4.69, 9.17) is 0 Å². The lowest BCUT2D eigenvalue weighted by atomic mass is 9.98. The first-order valence-electron chi connectivity index (χ1n) is 5.97. The van der Waals surface area contributed by atoms with Gasteiger partial charge in [-0.15, -0.1) is 11.3 Å². The first kappa shape index (κ1) is 13.2. The maximum atomic E-state index is 13.0. The van der Waals surface area contributed by atoms with Gasteiger partial charge in [-0.2, -0.15) is 0 Å². The largest absolute Gasteiger partial charge is 0.388 e. The number of aliphatic hydroxyl groups is 1. The van der Waals surface area contributed by atoms with Crippen LogP contribution in [0.4, 0.5) is 4.39 Å². The van der Waals surface area contributed by atoms with Crippen LogP contribution >= 0.6 is 11.3 Å². The Balaban J connectivity index is 2.21. The summed E-state index contributed by atoms with van der Waals surface area (Å²) in [5.41, 5.74) is 2.87. The summed E-state index contributed by atoms with van der Waals surface area (Å²) in [6.45, 7) is 5.93. The van der Waals surface area contributed by atoms with Crippen LogP contribution in [0.2, 0.25) is 0 Å². The summed E-state index contributed by atoms with van der Waals surface area (Å²) in [4.78, 5) is 2.36. The fourth-order valence-electron chi connectivity index (χ4n) is 2.19. The zero-order chi connectivity index (χ0) is 13.3. The maximum absolute atomic E-state index is 13.0. The van der Waals surface area contributed by atoms with Gasteiger partial charge in [0.25, 0.3) is 0 Å². The highest BCUT2D eigenvalue weighted by atomic mass is 32.1. The van der Waals surface area contributed by atoms with Gasteiger partial charge in [-0.25, -0.2) is 4.39 Å². The number of aryl methyl sites for hydroxylation is 3. The molecule has 96 valence electrons. The summed E-state index contributed by atoms with van der Waals surface area (Å²) in [6, 6.07) is 6.74. The molecule has 0 spiro atoms. The van der Waals surface area contributed by atoms with Crippen LogP contribution in [0.5, 0.6) is 0 Å². The molecule has 2 rings (SSSR count). The molecule has 1 heterocycles. The van der Waals surface area contributed by atoms with Gasteiger partial charge in [0.05, 0.1) is 6.10 Å². The Labute approximate surface area is 111 Å². The topological polar surface area (TPSA) is 20.2 Å². The molecule has 1 unspecified atom stereocenters. The van der Waals surface area contributed by atoms with Crippen molar-refractivity contribution in [3.8, 4) is 0 Å². The van der Waals surface area contributed by atoms with Crippen molar-refractivity contribution in [2.24, 2.45) is 0 Å². The Morgan fingerprint density at radius 2 is 1.94 bits per heavy atom. The quantitative estimate of drug-likeness (QED) is 0.885. The number of benzene rings is 1. The summed E-state index contributed by atoms with van der Waals surface area (Å²) in [5, 5.41) is 10.3. The van der Waals surface area contributed by atoms with Crippen molar-refractivity contribution in [2.75, 3.05) is 0 Å². The lowest BCUT2D eigenvalue weighted by Gasteiger charge is -2.12. The van der Waals surface area contributed by atoms with Crippen molar-refractivity contribution in [1.82, 2.24) is 0 Å². The highest BCUT2D eigenvalue weighted by Crippen LogP contribution is 2.29. The Hall–Kier alpha value is -1.19. The molecule has 0 radical (unpaired) electrons. The summed E-state index contributed by atoms with van der Waals surface area (Å²) in [6.07, 6.45) is 0.0162. The molecule has 2 aromatic rings. The SMILES string of the molecule is Cc1cc(C(O)Cc2ccc(F)cc2C)c(C)s1. The van der Waals surface area contributed by atoms with E-state index in [2.05, 4.69) is 0 Å². The summed E-state index contributed by atoms with van der Waals surface area (Å²) in [5.74, 6) is -0.228. The fraction of sp³-hybridized carbons (Fsp3) is 0.333. The average Bonchev–Trinajstić information content (AvgIpc) is 2.62. The van der Waals surface area contributed by atoms with Gasteiger partial charge in [0.2, 0.25) is 0 Å². The summed E-state index contributed by atoms with van der Waals surface area (Å²) < 4.78 is 13.0. The van der Waals surface area contributed by atoms with Crippen molar-refractivity contribution >= 4 is 11.3 Å². The Morgan fingerprint density at radius 1 is 1.22 bits per heavy atom. The zero-order valence-corrected chi connectivity index (χ0v) is 11.6. The monoisotopic (exact) mass is 264 g/mol. The second kappa shape index (κ2) is 5.21. The van der Waals surface area contributed by atoms with E-state index < -0.39 is 6.10 Å². The molecule has 1 N–H and O–H groups in total. The number of hydrogen-bond acceptors (Lipinski definition) is 2. The Bertz CT molecular complexity index is 560. The third-order valence-corrected chi connectivity index (χ3v) is 4.14. The van der Waals surface area contributed by atoms with Crippen LogP contribution in [0.25, 0.3) is 0 Å². The molecule has 0 bridgehead atoms. The van der Waals surface area contributed by atoms with Crippen LogP contribution in [-0.2, 0) is 6.42 Å². The molecule has 0 aliphatic rings. The normalized spacial score (nSPS) is 12.7. The average molecular weight is 264 g/mol. The van der Waals surface area contributed by atoms with Crippen molar-refractivity contribution < 1.29 is 9.50 Å². The van der Waals surface area contributed by atoms with Crippen molar-refractivity contribution in [3.63, 3.8) is 0 Å². The van der Waals surface area contributed by atoms with E-state index in [1.54, 1.807) is 17.4 Å². The highest BCUT2D eigenvalue weighted by Gasteiger charge is 2.14. The predicted molar refractivity (Wildman–Crippen MR) is 73.6 cm³/mol. The molecule has 1 aromatic carbocycles. The van der Waals surface area contributed by atoms with E-state index >= 15 is 0 Å². The number of rotatable bonds is 3. The minimum atomic E-state index is -0.515. The number of thiophene rings is 1. The van der Waals surface area contributed by atoms with Crippen LogP contribution < -0.4 is 0 Å². The molecule has 0 saturated heterocycles. The fourth-order valence-corrected chi connectivity index (χ4v) is 3.17. The first-order chi connectivity index (χ1) is 8.47. The van der Waals surface area contributed by atoms with Gasteiger partial charge >= 0.3 is 0 Å².